The number of methoxy groups -OCH3 is 1. The summed E-state index contributed by atoms with van der Waals surface area (Å²) in [5.41, 5.74) is 2.16. The van der Waals surface area contributed by atoms with Crippen molar-refractivity contribution >= 4 is 34.9 Å². The smallest absolute Gasteiger partial charge is 0.325 e. The molecule has 1 amide bonds. The molecule has 23 heavy (non-hydrogen) atoms. The first-order chi connectivity index (χ1) is 10.7. The zero-order chi connectivity index (χ0) is 17.5. The molecule has 1 aromatic carbocycles. The van der Waals surface area contributed by atoms with E-state index in [0.717, 1.165) is 5.69 Å². The number of anilines is 1. The van der Waals surface area contributed by atoms with Crippen LogP contribution in [0.4, 0.5) is 5.69 Å². The average molecular weight is 337 g/mol. The van der Waals surface area contributed by atoms with Gasteiger partial charge in [-0.1, -0.05) is 32.9 Å². The summed E-state index contributed by atoms with van der Waals surface area (Å²) in [5, 5.41) is 8.52. The molecule has 0 saturated heterocycles. The summed E-state index contributed by atoms with van der Waals surface area (Å²) in [6.07, 6.45) is 0. The standard InChI is InChI=1S/C16H23N3O3S/c1-16(2,3)11-5-7-12(8-6-11)19-15(23)18-9-13(20)17-10-14(21)22-4/h5-8H,9-10H2,1-4H3,(H,17,20)(H2,18,19,23). The summed E-state index contributed by atoms with van der Waals surface area (Å²) >= 11 is 5.13. The molecule has 7 heteroatoms. The van der Waals surface area contributed by atoms with E-state index in [1.54, 1.807) is 0 Å². The maximum atomic E-state index is 11.5. The highest BCUT2D eigenvalue weighted by atomic mass is 32.1. The fraction of sp³-hybridized carbons (Fsp3) is 0.438. The molecular weight excluding hydrogens is 314 g/mol. The Morgan fingerprint density at radius 2 is 1.70 bits per heavy atom. The Balaban J connectivity index is 2.39. The monoisotopic (exact) mass is 337 g/mol. The van der Waals surface area contributed by atoms with Gasteiger partial charge >= 0.3 is 5.97 Å². The molecule has 0 saturated carbocycles. The Labute approximate surface area is 142 Å². The summed E-state index contributed by atoms with van der Waals surface area (Å²) in [5.74, 6) is -0.847. The van der Waals surface area contributed by atoms with Crippen LogP contribution >= 0.6 is 12.2 Å². The van der Waals surface area contributed by atoms with Crippen LogP contribution in [0.2, 0.25) is 0 Å². The summed E-state index contributed by atoms with van der Waals surface area (Å²) < 4.78 is 4.43. The number of carbonyl (C=O) groups excluding carboxylic acids is 2. The van der Waals surface area contributed by atoms with Crippen LogP contribution in [-0.2, 0) is 19.7 Å². The molecule has 0 aliphatic carbocycles. The maximum absolute atomic E-state index is 11.5. The third-order valence-corrected chi connectivity index (χ3v) is 3.32. The Bertz CT molecular complexity index is 565. The first kappa shape index (κ1) is 18.9. The Hall–Kier alpha value is -2.15. The maximum Gasteiger partial charge on any atom is 0.325 e. The largest absolute Gasteiger partial charge is 0.468 e. The SMILES string of the molecule is COC(=O)CNC(=O)CNC(=S)Nc1ccc(C(C)(C)C)cc1. The second-order valence-corrected chi connectivity index (χ2v) is 6.40. The first-order valence-corrected chi connectivity index (χ1v) is 7.62. The van der Waals surface area contributed by atoms with Crippen LogP contribution in [-0.4, -0.2) is 37.2 Å². The van der Waals surface area contributed by atoms with Gasteiger partial charge in [0.15, 0.2) is 5.11 Å². The fourth-order valence-corrected chi connectivity index (χ4v) is 1.88. The Morgan fingerprint density at radius 1 is 1.09 bits per heavy atom. The van der Waals surface area contributed by atoms with Crippen molar-refractivity contribution in [3.05, 3.63) is 29.8 Å². The lowest BCUT2D eigenvalue weighted by Gasteiger charge is -2.19. The number of esters is 1. The van der Waals surface area contributed by atoms with Crippen LogP contribution in [0.5, 0.6) is 0 Å². The van der Waals surface area contributed by atoms with E-state index >= 15 is 0 Å². The van der Waals surface area contributed by atoms with E-state index in [-0.39, 0.29) is 24.4 Å². The van der Waals surface area contributed by atoms with Crippen LogP contribution in [0.15, 0.2) is 24.3 Å². The molecule has 1 aromatic rings. The van der Waals surface area contributed by atoms with Gasteiger partial charge in [-0.25, -0.2) is 0 Å². The molecule has 3 N–H and O–H groups in total. The van der Waals surface area contributed by atoms with E-state index in [9.17, 15) is 9.59 Å². The van der Waals surface area contributed by atoms with E-state index in [0.29, 0.717) is 5.11 Å². The molecule has 1 rings (SSSR count). The van der Waals surface area contributed by atoms with Gasteiger partial charge in [0, 0.05) is 5.69 Å². The zero-order valence-corrected chi connectivity index (χ0v) is 14.7. The van der Waals surface area contributed by atoms with Crippen molar-refractivity contribution < 1.29 is 14.3 Å². The number of rotatable bonds is 5. The topological polar surface area (TPSA) is 79.5 Å². The average Bonchev–Trinajstić information content (AvgIpc) is 2.50. The van der Waals surface area contributed by atoms with Crippen LogP contribution in [0.25, 0.3) is 0 Å². The van der Waals surface area contributed by atoms with Gasteiger partial charge in [-0.3, -0.25) is 9.59 Å². The quantitative estimate of drug-likeness (QED) is 0.559. The molecule has 0 aromatic heterocycles. The minimum atomic E-state index is -0.502. The number of ether oxygens (including phenoxy) is 1. The van der Waals surface area contributed by atoms with E-state index in [2.05, 4.69) is 41.5 Å². The van der Waals surface area contributed by atoms with Crippen LogP contribution in [0.1, 0.15) is 26.3 Å². The molecule has 0 unspecified atom stereocenters. The summed E-state index contributed by atoms with van der Waals surface area (Å²) in [4.78, 5) is 22.4. The third kappa shape index (κ3) is 7.10. The van der Waals surface area contributed by atoms with Crippen LogP contribution in [0.3, 0.4) is 0 Å². The molecule has 0 radical (unpaired) electrons. The zero-order valence-electron chi connectivity index (χ0n) is 13.9. The van der Waals surface area contributed by atoms with E-state index in [1.165, 1.54) is 12.7 Å². The number of benzene rings is 1. The number of nitrogens with one attached hydrogen (secondary N) is 3. The highest BCUT2D eigenvalue weighted by Gasteiger charge is 2.13. The van der Waals surface area contributed by atoms with E-state index in [1.807, 2.05) is 24.3 Å². The fourth-order valence-electron chi connectivity index (χ4n) is 1.69. The molecule has 0 heterocycles. The highest BCUT2D eigenvalue weighted by molar-refractivity contribution is 7.80. The first-order valence-electron chi connectivity index (χ1n) is 7.21. The number of carbonyl (C=O) groups is 2. The lowest BCUT2D eigenvalue weighted by atomic mass is 9.87. The molecule has 0 aliphatic heterocycles. The van der Waals surface area contributed by atoms with Crippen molar-refractivity contribution in [3.8, 4) is 0 Å². The molecular formula is C16H23N3O3S. The van der Waals surface area contributed by atoms with Gasteiger partial charge in [0.2, 0.25) is 5.91 Å². The Morgan fingerprint density at radius 3 is 2.22 bits per heavy atom. The lowest BCUT2D eigenvalue weighted by Crippen LogP contribution is -2.40. The molecule has 0 spiro atoms. The number of amides is 1. The minimum absolute atomic E-state index is 0.0249. The van der Waals surface area contributed by atoms with Crippen LogP contribution in [0, 0.1) is 0 Å². The van der Waals surface area contributed by atoms with E-state index < -0.39 is 5.97 Å². The minimum Gasteiger partial charge on any atom is -0.468 e. The van der Waals surface area contributed by atoms with Crippen molar-refractivity contribution in [1.29, 1.82) is 0 Å². The second-order valence-electron chi connectivity index (χ2n) is 5.99. The summed E-state index contributed by atoms with van der Waals surface area (Å²) in [6, 6.07) is 7.94. The van der Waals surface area contributed by atoms with Crippen molar-refractivity contribution in [2.24, 2.45) is 0 Å². The van der Waals surface area contributed by atoms with Gasteiger partial charge in [0.05, 0.1) is 13.7 Å². The highest BCUT2D eigenvalue weighted by Crippen LogP contribution is 2.23. The lowest BCUT2D eigenvalue weighted by molar-refractivity contribution is -0.141. The molecule has 0 aliphatic rings. The van der Waals surface area contributed by atoms with Crippen molar-refractivity contribution in [2.75, 3.05) is 25.5 Å². The molecule has 0 fully saturated rings. The predicted octanol–water partition coefficient (Wildman–Crippen LogP) is 1.56. The molecule has 0 bridgehead atoms. The second kappa shape index (κ2) is 8.47. The van der Waals surface area contributed by atoms with Gasteiger partial charge in [-0.2, -0.15) is 0 Å². The number of hydrogen-bond donors (Lipinski definition) is 3. The van der Waals surface area contributed by atoms with Gasteiger partial charge < -0.3 is 20.7 Å². The molecule has 0 atom stereocenters. The summed E-state index contributed by atoms with van der Waals surface area (Å²) in [7, 11) is 1.26. The van der Waals surface area contributed by atoms with Crippen LogP contribution < -0.4 is 16.0 Å². The third-order valence-electron chi connectivity index (χ3n) is 3.08. The summed E-state index contributed by atoms with van der Waals surface area (Å²) in [6.45, 7) is 6.26. The van der Waals surface area contributed by atoms with Crippen molar-refractivity contribution in [2.45, 2.75) is 26.2 Å². The van der Waals surface area contributed by atoms with Crippen molar-refractivity contribution in [1.82, 2.24) is 10.6 Å². The van der Waals surface area contributed by atoms with Gasteiger partial charge in [0.25, 0.3) is 0 Å². The normalized spacial score (nSPS) is 10.6. The molecule has 6 nitrogen and oxygen atoms in total. The predicted molar refractivity (Wildman–Crippen MR) is 94.4 cm³/mol. The molecule has 126 valence electrons. The van der Waals surface area contributed by atoms with Crippen molar-refractivity contribution in [3.63, 3.8) is 0 Å². The van der Waals surface area contributed by atoms with Gasteiger partial charge in [-0.15, -0.1) is 0 Å². The Kier molecular flexibility index (Phi) is 6.96. The number of thiocarbonyl (C=S) groups is 1. The number of hydrogen-bond acceptors (Lipinski definition) is 4. The van der Waals surface area contributed by atoms with Gasteiger partial charge in [0.1, 0.15) is 6.54 Å². The van der Waals surface area contributed by atoms with Gasteiger partial charge in [-0.05, 0) is 35.3 Å². The van der Waals surface area contributed by atoms with E-state index in [4.69, 9.17) is 12.2 Å².